The topological polar surface area (TPSA) is 36.3 Å². The van der Waals surface area contributed by atoms with Gasteiger partial charge in [0, 0.05) is 32.5 Å². The molecule has 0 spiro atoms. The van der Waals surface area contributed by atoms with Crippen LogP contribution < -0.4 is 0 Å². The van der Waals surface area contributed by atoms with Crippen LogP contribution in [0.25, 0.3) is 0 Å². The number of likely N-dealkylation sites (tertiary alicyclic amines) is 1. The first kappa shape index (κ1) is 11.0. The zero-order chi connectivity index (χ0) is 10.4. The summed E-state index contributed by atoms with van der Waals surface area (Å²) in [5.74, 6) is 2.62. The number of hydrogen-bond donors (Lipinski definition) is 0. The summed E-state index contributed by atoms with van der Waals surface area (Å²) >= 11 is 0. The van der Waals surface area contributed by atoms with Crippen LogP contribution in [0.15, 0.2) is 0 Å². The van der Waals surface area contributed by atoms with Crippen molar-refractivity contribution < 1.29 is 4.74 Å². The van der Waals surface area contributed by atoms with Crippen molar-refractivity contribution in [3.8, 4) is 18.4 Å². The summed E-state index contributed by atoms with van der Waals surface area (Å²) in [5.41, 5.74) is -0.556. The SMILES string of the molecule is C#CCN1CCC(C#N)(OCC)CC1. The van der Waals surface area contributed by atoms with E-state index >= 15 is 0 Å². The number of piperidine rings is 1. The van der Waals surface area contributed by atoms with Crippen LogP contribution in [0.4, 0.5) is 0 Å². The minimum Gasteiger partial charge on any atom is -0.360 e. The molecule has 1 aliphatic heterocycles. The van der Waals surface area contributed by atoms with Crippen LogP contribution in [-0.4, -0.2) is 36.7 Å². The molecule has 3 nitrogen and oxygen atoms in total. The summed E-state index contributed by atoms with van der Waals surface area (Å²) in [4.78, 5) is 2.18. The Morgan fingerprint density at radius 3 is 2.57 bits per heavy atom. The van der Waals surface area contributed by atoms with Gasteiger partial charge in [0.1, 0.15) is 0 Å². The van der Waals surface area contributed by atoms with Gasteiger partial charge in [-0.15, -0.1) is 6.42 Å². The van der Waals surface area contributed by atoms with Gasteiger partial charge in [0.2, 0.25) is 0 Å². The minimum atomic E-state index is -0.556. The van der Waals surface area contributed by atoms with Gasteiger partial charge in [0.15, 0.2) is 5.60 Å². The van der Waals surface area contributed by atoms with Crippen molar-refractivity contribution in [1.82, 2.24) is 4.90 Å². The van der Waals surface area contributed by atoms with E-state index in [0.717, 1.165) is 25.9 Å². The van der Waals surface area contributed by atoms with Crippen LogP contribution in [0.1, 0.15) is 19.8 Å². The summed E-state index contributed by atoms with van der Waals surface area (Å²) in [7, 11) is 0. The molecule has 0 saturated carbocycles. The summed E-state index contributed by atoms with van der Waals surface area (Å²) in [6, 6.07) is 2.28. The van der Waals surface area contributed by atoms with Crippen molar-refractivity contribution in [3.63, 3.8) is 0 Å². The van der Waals surface area contributed by atoms with Crippen LogP contribution in [0, 0.1) is 23.7 Å². The summed E-state index contributed by atoms with van der Waals surface area (Å²) in [6.07, 6.45) is 6.76. The molecular formula is C11H16N2O. The van der Waals surface area contributed by atoms with Gasteiger partial charge in [-0.25, -0.2) is 0 Å². The number of nitriles is 1. The Bertz CT molecular complexity index is 253. The summed E-state index contributed by atoms with van der Waals surface area (Å²) in [5, 5.41) is 9.05. The molecule has 0 bridgehead atoms. The number of ether oxygens (including phenoxy) is 1. The molecule has 3 heteroatoms. The van der Waals surface area contributed by atoms with E-state index in [2.05, 4.69) is 16.9 Å². The fraction of sp³-hybridized carbons (Fsp3) is 0.727. The highest BCUT2D eigenvalue weighted by Gasteiger charge is 2.34. The van der Waals surface area contributed by atoms with Crippen LogP contribution >= 0.6 is 0 Å². The lowest BCUT2D eigenvalue weighted by Crippen LogP contribution is -2.45. The first-order valence-corrected chi connectivity index (χ1v) is 4.97. The van der Waals surface area contributed by atoms with Gasteiger partial charge in [-0.05, 0) is 6.92 Å². The lowest BCUT2D eigenvalue weighted by molar-refractivity contribution is -0.0364. The second-order valence-electron chi connectivity index (χ2n) is 3.52. The van der Waals surface area contributed by atoms with E-state index < -0.39 is 5.60 Å². The minimum absolute atomic E-state index is 0.556. The normalized spacial score (nSPS) is 21.1. The molecule has 1 rings (SSSR count). The van der Waals surface area contributed by atoms with Gasteiger partial charge in [-0.2, -0.15) is 5.26 Å². The highest BCUT2D eigenvalue weighted by molar-refractivity contribution is 5.05. The largest absolute Gasteiger partial charge is 0.360 e. The third kappa shape index (κ3) is 2.48. The van der Waals surface area contributed by atoms with E-state index in [1.807, 2.05) is 6.92 Å². The standard InChI is InChI=1S/C11H16N2O/c1-3-7-13-8-5-11(10-12,6-9-13)14-4-2/h1H,4-9H2,2H3. The molecular weight excluding hydrogens is 176 g/mol. The molecule has 0 atom stereocenters. The van der Waals surface area contributed by atoms with Gasteiger partial charge in [-0.3, -0.25) is 4.90 Å². The molecule has 0 aliphatic carbocycles. The molecule has 1 heterocycles. The Morgan fingerprint density at radius 1 is 1.50 bits per heavy atom. The number of rotatable bonds is 3. The van der Waals surface area contributed by atoms with Crippen molar-refractivity contribution in [2.45, 2.75) is 25.4 Å². The fourth-order valence-electron chi connectivity index (χ4n) is 1.77. The number of nitrogens with zero attached hydrogens (tertiary/aromatic N) is 2. The molecule has 1 aliphatic rings. The number of terminal acetylenes is 1. The molecule has 1 saturated heterocycles. The van der Waals surface area contributed by atoms with Crippen molar-refractivity contribution in [2.24, 2.45) is 0 Å². The van der Waals surface area contributed by atoms with E-state index in [9.17, 15) is 0 Å². The maximum atomic E-state index is 9.05. The average Bonchev–Trinajstić information content (AvgIpc) is 2.22. The highest BCUT2D eigenvalue weighted by atomic mass is 16.5. The van der Waals surface area contributed by atoms with Crippen molar-refractivity contribution >= 4 is 0 Å². The van der Waals surface area contributed by atoms with Gasteiger partial charge in [0.25, 0.3) is 0 Å². The summed E-state index contributed by atoms with van der Waals surface area (Å²) in [6.45, 7) is 4.92. The molecule has 0 aromatic heterocycles. The van der Waals surface area contributed by atoms with Crippen molar-refractivity contribution in [3.05, 3.63) is 0 Å². The fourth-order valence-corrected chi connectivity index (χ4v) is 1.77. The molecule has 14 heavy (non-hydrogen) atoms. The molecule has 76 valence electrons. The van der Waals surface area contributed by atoms with E-state index in [4.69, 9.17) is 16.4 Å². The van der Waals surface area contributed by atoms with Crippen molar-refractivity contribution in [1.29, 1.82) is 5.26 Å². The molecule has 0 N–H and O–H groups in total. The number of hydrogen-bond acceptors (Lipinski definition) is 3. The lowest BCUT2D eigenvalue weighted by atomic mass is 9.93. The highest BCUT2D eigenvalue weighted by Crippen LogP contribution is 2.25. The predicted octanol–water partition coefficient (Wildman–Crippen LogP) is 1.01. The van der Waals surface area contributed by atoms with Gasteiger partial charge < -0.3 is 4.74 Å². The monoisotopic (exact) mass is 192 g/mol. The maximum absolute atomic E-state index is 9.05. The van der Waals surface area contributed by atoms with E-state index in [1.54, 1.807) is 0 Å². The lowest BCUT2D eigenvalue weighted by Gasteiger charge is -2.35. The predicted molar refractivity (Wildman–Crippen MR) is 54.5 cm³/mol. The van der Waals surface area contributed by atoms with Crippen LogP contribution in [0.3, 0.4) is 0 Å². The van der Waals surface area contributed by atoms with Gasteiger partial charge in [-0.1, -0.05) is 5.92 Å². The van der Waals surface area contributed by atoms with E-state index in [0.29, 0.717) is 13.2 Å². The smallest absolute Gasteiger partial charge is 0.156 e. The van der Waals surface area contributed by atoms with Gasteiger partial charge >= 0.3 is 0 Å². The molecule has 0 aromatic rings. The van der Waals surface area contributed by atoms with Gasteiger partial charge in [0.05, 0.1) is 12.6 Å². The first-order valence-electron chi connectivity index (χ1n) is 4.97. The average molecular weight is 192 g/mol. The maximum Gasteiger partial charge on any atom is 0.156 e. The Morgan fingerprint density at radius 2 is 2.14 bits per heavy atom. The van der Waals surface area contributed by atoms with Crippen LogP contribution in [-0.2, 0) is 4.74 Å². The molecule has 1 fully saturated rings. The quantitative estimate of drug-likeness (QED) is 0.626. The Kier molecular flexibility index (Phi) is 3.95. The third-order valence-electron chi connectivity index (χ3n) is 2.60. The summed E-state index contributed by atoms with van der Waals surface area (Å²) < 4.78 is 5.51. The third-order valence-corrected chi connectivity index (χ3v) is 2.60. The Balaban J connectivity index is 2.48. The Labute approximate surface area is 85.6 Å². The molecule has 0 unspecified atom stereocenters. The zero-order valence-corrected chi connectivity index (χ0v) is 8.62. The molecule has 0 aromatic carbocycles. The second kappa shape index (κ2) is 5.00. The van der Waals surface area contributed by atoms with E-state index in [-0.39, 0.29) is 0 Å². The van der Waals surface area contributed by atoms with Crippen molar-refractivity contribution in [2.75, 3.05) is 26.2 Å². The van der Waals surface area contributed by atoms with Crippen LogP contribution in [0.2, 0.25) is 0 Å². The van der Waals surface area contributed by atoms with Crippen LogP contribution in [0.5, 0.6) is 0 Å². The second-order valence-corrected chi connectivity index (χ2v) is 3.52. The molecule has 0 amide bonds. The molecule has 0 radical (unpaired) electrons. The zero-order valence-electron chi connectivity index (χ0n) is 8.62. The first-order chi connectivity index (χ1) is 6.76. The van der Waals surface area contributed by atoms with E-state index in [1.165, 1.54) is 0 Å². The Hall–Kier alpha value is -1.03.